The highest BCUT2D eigenvalue weighted by atomic mass is 32.2. The number of carbonyl (C=O) groups is 2. The van der Waals surface area contributed by atoms with Gasteiger partial charge in [-0.1, -0.05) is 31.7 Å². The Hall–Kier alpha value is -4.24. The molecule has 3 aromatic rings. The number of ketones is 1. The van der Waals surface area contributed by atoms with Gasteiger partial charge >= 0.3 is 5.97 Å². The zero-order valence-electron chi connectivity index (χ0n) is 23.3. The molecule has 0 bridgehead atoms. The summed E-state index contributed by atoms with van der Waals surface area (Å²) < 4.78 is 5.84. The Morgan fingerprint density at radius 3 is 2.18 bits per heavy atom. The van der Waals surface area contributed by atoms with E-state index in [4.69, 9.17) is 4.42 Å². The number of carbonyl (C=O) groups excluding carboxylic acids is 1. The van der Waals surface area contributed by atoms with E-state index >= 15 is 0 Å². The number of nitro groups is 1. The molecule has 9 heteroatoms. The van der Waals surface area contributed by atoms with Gasteiger partial charge in [-0.2, -0.15) is 0 Å². The van der Waals surface area contributed by atoms with Crippen molar-refractivity contribution in [1.82, 2.24) is 0 Å². The van der Waals surface area contributed by atoms with Crippen LogP contribution in [0.4, 0.5) is 11.4 Å². The molecule has 0 unspecified atom stereocenters. The van der Waals surface area contributed by atoms with E-state index < -0.39 is 10.9 Å². The summed E-state index contributed by atoms with van der Waals surface area (Å²) in [7, 11) is 0. The fraction of sp³-hybridized carbons (Fsp3) is 0.233. The molecule has 0 aliphatic rings. The molecule has 0 radical (unpaired) electrons. The van der Waals surface area contributed by atoms with Gasteiger partial charge in [0.15, 0.2) is 5.78 Å². The molecule has 8 nitrogen and oxygen atoms in total. The van der Waals surface area contributed by atoms with Crippen LogP contribution < -0.4 is 0 Å². The van der Waals surface area contributed by atoms with E-state index in [1.807, 2.05) is 27.7 Å². The van der Waals surface area contributed by atoms with E-state index in [0.29, 0.717) is 38.3 Å². The largest absolute Gasteiger partial charge is 0.478 e. The minimum Gasteiger partial charge on any atom is -0.478 e. The summed E-state index contributed by atoms with van der Waals surface area (Å²) >= 11 is 1.12. The zero-order chi connectivity index (χ0) is 29.9. The summed E-state index contributed by atoms with van der Waals surface area (Å²) in [6.07, 6.45) is 1.56. The molecule has 1 N–H and O–H groups in total. The third kappa shape index (κ3) is 8.93. The standard InChI is InChI=1S/C26H24N2O6S.C2H6.C2H4/c1-14-6-7-19(12-21(14)26(30)31)27-18(5)35-25(17(4)29)13-20-8-9-24(34-20)22-10-15(2)16(3)11-23(22)28(32)33;2*1-2/h6-13H,1-5H3,(H,30,31);1-2H3;1-2H2/b25-13+,27-18?;;. The van der Waals surface area contributed by atoms with Gasteiger partial charge in [0.05, 0.1) is 31.7 Å². The first kappa shape index (κ1) is 32.8. The summed E-state index contributed by atoms with van der Waals surface area (Å²) in [4.78, 5) is 39.5. The Kier molecular flexibility index (Phi) is 12.8. The number of aliphatic imine (C=N–C) groups is 1. The maximum absolute atomic E-state index is 12.3. The van der Waals surface area contributed by atoms with Gasteiger partial charge in [0.1, 0.15) is 11.5 Å². The summed E-state index contributed by atoms with van der Waals surface area (Å²) in [5, 5.41) is 21.4. The highest BCUT2D eigenvalue weighted by Crippen LogP contribution is 2.34. The first-order chi connectivity index (χ1) is 18.5. The molecular formula is C30H34N2O6S. The van der Waals surface area contributed by atoms with Gasteiger partial charge in [0.2, 0.25) is 0 Å². The summed E-state index contributed by atoms with van der Waals surface area (Å²) in [6, 6.07) is 11.4. The Bertz CT molecular complexity index is 1420. The fourth-order valence-corrected chi connectivity index (χ4v) is 4.12. The molecule has 0 spiro atoms. The highest BCUT2D eigenvalue weighted by Gasteiger charge is 2.20. The second-order valence-electron chi connectivity index (χ2n) is 8.01. The van der Waals surface area contributed by atoms with E-state index in [1.54, 1.807) is 50.3 Å². The van der Waals surface area contributed by atoms with Crippen molar-refractivity contribution in [2.24, 2.45) is 4.99 Å². The van der Waals surface area contributed by atoms with Crippen molar-refractivity contribution < 1.29 is 24.0 Å². The van der Waals surface area contributed by atoms with E-state index in [-0.39, 0.29) is 17.0 Å². The van der Waals surface area contributed by atoms with Crippen LogP contribution in [0.15, 0.2) is 69.9 Å². The number of hydrogen-bond acceptors (Lipinski definition) is 7. The topological polar surface area (TPSA) is 123 Å². The number of Topliss-reactive ketones (excluding diaryl/α,β-unsaturated/α-hetero) is 1. The van der Waals surface area contributed by atoms with Gasteiger partial charge in [0.25, 0.3) is 5.69 Å². The zero-order valence-corrected chi connectivity index (χ0v) is 24.1. The molecular weight excluding hydrogens is 516 g/mol. The summed E-state index contributed by atoms with van der Waals surface area (Å²) in [5.41, 5.74) is 3.26. The van der Waals surface area contributed by atoms with Crippen molar-refractivity contribution in [1.29, 1.82) is 0 Å². The molecule has 39 heavy (non-hydrogen) atoms. The van der Waals surface area contributed by atoms with Crippen molar-refractivity contribution in [3.8, 4) is 11.3 Å². The van der Waals surface area contributed by atoms with Crippen molar-refractivity contribution >= 4 is 46.0 Å². The Morgan fingerprint density at radius 1 is 1.00 bits per heavy atom. The van der Waals surface area contributed by atoms with Crippen LogP contribution in [0.5, 0.6) is 0 Å². The van der Waals surface area contributed by atoms with Crippen LogP contribution in [0.25, 0.3) is 17.4 Å². The normalized spacial score (nSPS) is 11.1. The number of carboxylic acid groups (broad SMARTS) is 1. The monoisotopic (exact) mass is 550 g/mol. The summed E-state index contributed by atoms with van der Waals surface area (Å²) in [5.74, 6) is -0.562. The number of aromatic carboxylic acids is 1. The molecule has 3 rings (SSSR count). The van der Waals surface area contributed by atoms with Crippen LogP contribution in [-0.4, -0.2) is 26.8 Å². The van der Waals surface area contributed by atoms with Gasteiger partial charge < -0.3 is 9.52 Å². The maximum Gasteiger partial charge on any atom is 0.336 e. The van der Waals surface area contributed by atoms with Crippen molar-refractivity contribution in [3.63, 3.8) is 0 Å². The first-order valence-corrected chi connectivity index (χ1v) is 12.9. The molecule has 0 saturated carbocycles. The number of benzene rings is 2. The second kappa shape index (κ2) is 15.2. The predicted octanol–water partition coefficient (Wildman–Crippen LogP) is 8.72. The minimum absolute atomic E-state index is 0.0547. The van der Waals surface area contributed by atoms with Crippen LogP contribution >= 0.6 is 11.8 Å². The lowest BCUT2D eigenvalue weighted by atomic mass is 10.0. The Balaban J connectivity index is 0.00000181. The number of nitro benzene ring substituents is 1. The van der Waals surface area contributed by atoms with Crippen molar-refractivity contribution in [3.05, 3.63) is 98.7 Å². The third-order valence-electron chi connectivity index (χ3n) is 5.32. The van der Waals surface area contributed by atoms with Crippen LogP contribution in [-0.2, 0) is 4.79 Å². The smallest absolute Gasteiger partial charge is 0.336 e. The van der Waals surface area contributed by atoms with Gasteiger partial charge in [-0.15, -0.1) is 13.2 Å². The van der Waals surface area contributed by atoms with Crippen LogP contribution in [0, 0.1) is 30.9 Å². The maximum atomic E-state index is 12.3. The molecule has 0 aliphatic heterocycles. The first-order valence-electron chi connectivity index (χ1n) is 12.1. The lowest BCUT2D eigenvalue weighted by Gasteiger charge is -2.06. The molecule has 2 aromatic carbocycles. The quantitative estimate of drug-likeness (QED) is 0.0779. The Labute approximate surface area is 233 Å². The van der Waals surface area contributed by atoms with Crippen molar-refractivity contribution in [2.45, 2.75) is 48.5 Å². The molecule has 206 valence electrons. The third-order valence-corrected chi connectivity index (χ3v) is 6.33. The lowest BCUT2D eigenvalue weighted by molar-refractivity contribution is -0.384. The van der Waals surface area contributed by atoms with Crippen molar-refractivity contribution in [2.75, 3.05) is 0 Å². The molecule has 1 aromatic heterocycles. The van der Waals surface area contributed by atoms with Crippen LogP contribution in [0.2, 0.25) is 0 Å². The molecule has 0 amide bonds. The van der Waals surface area contributed by atoms with Crippen LogP contribution in [0.1, 0.15) is 60.5 Å². The van der Waals surface area contributed by atoms with E-state index in [2.05, 4.69) is 18.2 Å². The summed E-state index contributed by atoms with van der Waals surface area (Å²) in [6.45, 7) is 18.5. The number of thioether (sulfide) groups is 1. The SMILES string of the molecule is C=C.CC.CC(=O)/C(=C\c1ccc(-c2cc(C)c(C)cc2[N+](=O)[O-])o1)SC(C)=Nc1ccc(C)c(C(=O)O)c1. The lowest BCUT2D eigenvalue weighted by Crippen LogP contribution is -1.99. The van der Waals surface area contributed by atoms with Gasteiger partial charge in [0, 0.05) is 6.07 Å². The predicted molar refractivity (Wildman–Crippen MR) is 160 cm³/mol. The fourth-order valence-electron chi connectivity index (χ4n) is 3.33. The number of hydrogen-bond donors (Lipinski definition) is 1. The number of furan rings is 1. The number of rotatable bonds is 7. The Morgan fingerprint density at radius 2 is 1.62 bits per heavy atom. The molecule has 0 atom stereocenters. The van der Waals surface area contributed by atoms with Gasteiger partial charge in [-0.25, -0.2) is 9.79 Å². The average molecular weight is 551 g/mol. The van der Waals surface area contributed by atoms with Crippen LogP contribution in [0.3, 0.4) is 0 Å². The number of carboxylic acids is 1. The average Bonchev–Trinajstić information content (AvgIpc) is 3.36. The molecule has 0 saturated heterocycles. The minimum atomic E-state index is -1.04. The highest BCUT2D eigenvalue weighted by molar-refractivity contribution is 8.18. The van der Waals surface area contributed by atoms with E-state index in [0.717, 1.165) is 22.9 Å². The second-order valence-corrected chi connectivity index (χ2v) is 9.25. The number of allylic oxidation sites excluding steroid dienone is 1. The van der Waals surface area contributed by atoms with E-state index in [9.17, 15) is 24.8 Å². The van der Waals surface area contributed by atoms with E-state index in [1.165, 1.54) is 19.1 Å². The molecule has 0 aliphatic carbocycles. The number of aryl methyl sites for hydroxylation is 3. The molecule has 0 fully saturated rings. The van der Waals surface area contributed by atoms with Gasteiger partial charge in [-0.05, 0) is 87.7 Å². The van der Waals surface area contributed by atoms with Gasteiger partial charge in [-0.3, -0.25) is 14.9 Å². The number of nitrogens with zero attached hydrogens (tertiary/aromatic N) is 2. The molecule has 1 heterocycles.